The zero-order valence-corrected chi connectivity index (χ0v) is 15.2. The van der Waals surface area contributed by atoms with Crippen LogP contribution in [0.2, 0.25) is 0 Å². The minimum Gasteiger partial charge on any atom is -0.465 e. The first kappa shape index (κ1) is 18.2. The highest BCUT2D eigenvalue weighted by Gasteiger charge is 2.08. The number of aromatic nitrogens is 2. The largest absolute Gasteiger partial charge is 0.465 e. The van der Waals surface area contributed by atoms with Crippen molar-refractivity contribution in [2.45, 2.75) is 0 Å². The van der Waals surface area contributed by atoms with Crippen molar-refractivity contribution in [1.29, 1.82) is 0 Å². The van der Waals surface area contributed by atoms with Gasteiger partial charge in [-0.25, -0.2) is 0 Å². The fourth-order valence-corrected chi connectivity index (χ4v) is 2.90. The second-order valence-electron chi connectivity index (χ2n) is 6.36. The molecule has 142 valence electrons. The van der Waals surface area contributed by atoms with Gasteiger partial charge in [-0.1, -0.05) is 48.5 Å². The van der Waals surface area contributed by atoms with Gasteiger partial charge in [-0.3, -0.25) is 14.4 Å². The molecule has 0 aliphatic rings. The predicted molar refractivity (Wildman–Crippen MR) is 109 cm³/mol. The zero-order valence-electron chi connectivity index (χ0n) is 15.2. The summed E-state index contributed by atoms with van der Waals surface area (Å²) in [5, 5.41) is 0.186. The molecule has 2 aromatic carbocycles. The van der Waals surface area contributed by atoms with E-state index in [9.17, 15) is 14.4 Å². The van der Waals surface area contributed by atoms with Gasteiger partial charge in [0.25, 0.3) is 11.1 Å². The summed E-state index contributed by atoms with van der Waals surface area (Å²) in [7, 11) is 0. The third-order valence-electron chi connectivity index (χ3n) is 4.31. The van der Waals surface area contributed by atoms with Crippen LogP contribution in [0.4, 0.5) is 0 Å². The third kappa shape index (κ3) is 4.06. The summed E-state index contributed by atoms with van der Waals surface area (Å²) in [6.45, 7) is 0. The van der Waals surface area contributed by atoms with E-state index in [1.807, 2.05) is 6.07 Å². The van der Waals surface area contributed by atoms with Gasteiger partial charge in [-0.15, -0.1) is 0 Å². The van der Waals surface area contributed by atoms with E-state index in [0.717, 1.165) is 0 Å². The standard InChI is InChI=1S/C23H16N2O4/c26-21(16-7-2-1-3-8-16)17-9-4-6-15(12-17)13-19-22(27)25-20(23(28)24-19)14-18-10-5-11-29-18/h1-14H,(H,24,28)(H,25,27)/b19-13-,20-14-. The van der Waals surface area contributed by atoms with E-state index in [4.69, 9.17) is 4.42 Å². The van der Waals surface area contributed by atoms with Crippen LogP contribution in [0.15, 0.2) is 87.0 Å². The number of benzene rings is 2. The molecule has 0 saturated carbocycles. The second-order valence-corrected chi connectivity index (χ2v) is 6.36. The first-order chi connectivity index (χ1) is 14.1. The van der Waals surface area contributed by atoms with Crippen molar-refractivity contribution in [2.24, 2.45) is 0 Å². The first-order valence-corrected chi connectivity index (χ1v) is 8.89. The van der Waals surface area contributed by atoms with Crippen LogP contribution in [0, 0.1) is 0 Å². The lowest BCUT2D eigenvalue weighted by Crippen LogP contribution is -2.46. The van der Waals surface area contributed by atoms with Crippen LogP contribution in [-0.2, 0) is 0 Å². The normalized spacial score (nSPS) is 12.3. The molecule has 6 heteroatoms. The summed E-state index contributed by atoms with van der Waals surface area (Å²) >= 11 is 0. The quantitative estimate of drug-likeness (QED) is 0.522. The maximum absolute atomic E-state index is 12.6. The Kier molecular flexibility index (Phi) is 4.90. The number of nitrogens with one attached hydrogen (secondary N) is 2. The number of H-pyrrole nitrogens is 2. The molecule has 0 radical (unpaired) electrons. The van der Waals surface area contributed by atoms with Crippen molar-refractivity contribution >= 4 is 17.9 Å². The van der Waals surface area contributed by atoms with Gasteiger partial charge in [-0.05, 0) is 29.8 Å². The summed E-state index contributed by atoms with van der Waals surface area (Å²) in [5.74, 6) is 0.335. The molecule has 0 atom stereocenters. The summed E-state index contributed by atoms with van der Waals surface area (Å²) in [6, 6.07) is 19.2. The molecular weight excluding hydrogens is 368 g/mol. The molecule has 0 bridgehead atoms. The van der Waals surface area contributed by atoms with Crippen LogP contribution in [-0.4, -0.2) is 15.8 Å². The van der Waals surface area contributed by atoms with Gasteiger partial charge in [0.2, 0.25) is 0 Å². The minimum absolute atomic E-state index is 0.0927. The number of aromatic amines is 2. The van der Waals surface area contributed by atoms with Crippen LogP contribution in [0.1, 0.15) is 27.2 Å². The monoisotopic (exact) mass is 384 g/mol. The number of carbonyl (C=O) groups excluding carboxylic acids is 1. The molecule has 0 aliphatic heterocycles. The zero-order chi connectivity index (χ0) is 20.2. The summed E-state index contributed by atoms with van der Waals surface area (Å²) < 4.78 is 5.16. The van der Waals surface area contributed by atoms with Crippen LogP contribution < -0.4 is 21.8 Å². The lowest BCUT2D eigenvalue weighted by atomic mass is 10.0. The summed E-state index contributed by atoms with van der Waals surface area (Å²) in [6.07, 6.45) is 4.45. The maximum atomic E-state index is 12.6. The number of hydrogen-bond donors (Lipinski definition) is 2. The number of carbonyl (C=O) groups is 1. The Hall–Kier alpha value is -4.19. The summed E-state index contributed by atoms with van der Waals surface area (Å²) in [5.41, 5.74) is 0.780. The first-order valence-electron chi connectivity index (χ1n) is 8.89. The molecular formula is C23H16N2O4. The van der Waals surface area contributed by atoms with E-state index in [1.165, 1.54) is 18.4 Å². The van der Waals surface area contributed by atoms with Crippen molar-refractivity contribution in [3.05, 3.63) is 127 Å². The van der Waals surface area contributed by atoms with Gasteiger partial charge in [-0.2, -0.15) is 0 Å². The Morgan fingerprint density at radius 2 is 1.45 bits per heavy atom. The Balaban J connectivity index is 1.74. The van der Waals surface area contributed by atoms with Crippen molar-refractivity contribution in [3.8, 4) is 0 Å². The molecule has 2 N–H and O–H groups in total. The molecule has 2 aromatic heterocycles. The predicted octanol–water partition coefficient (Wildman–Crippen LogP) is 1.54. The molecule has 0 saturated heterocycles. The van der Waals surface area contributed by atoms with Gasteiger partial charge in [0.05, 0.1) is 6.26 Å². The number of furan rings is 1. The van der Waals surface area contributed by atoms with Crippen molar-refractivity contribution < 1.29 is 9.21 Å². The van der Waals surface area contributed by atoms with E-state index in [-0.39, 0.29) is 16.5 Å². The molecule has 0 spiro atoms. The Bertz CT molecular complexity index is 1400. The highest BCUT2D eigenvalue weighted by Crippen LogP contribution is 2.12. The van der Waals surface area contributed by atoms with E-state index >= 15 is 0 Å². The second kappa shape index (κ2) is 7.82. The average molecular weight is 384 g/mol. The highest BCUT2D eigenvalue weighted by atomic mass is 16.3. The summed E-state index contributed by atoms with van der Waals surface area (Å²) in [4.78, 5) is 42.4. The van der Waals surface area contributed by atoms with E-state index in [1.54, 1.807) is 60.7 Å². The van der Waals surface area contributed by atoms with Gasteiger partial charge in [0, 0.05) is 17.2 Å². The molecule has 2 heterocycles. The average Bonchev–Trinajstić information content (AvgIpc) is 3.25. The molecule has 0 amide bonds. The van der Waals surface area contributed by atoms with Gasteiger partial charge in [0.15, 0.2) is 5.78 Å². The third-order valence-corrected chi connectivity index (χ3v) is 4.31. The van der Waals surface area contributed by atoms with Gasteiger partial charge >= 0.3 is 0 Å². The van der Waals surface area contributed by atoms with E-state index in [0.29, 0.717) is 22.5 Å². The molecule has 0 unspecified atom stereocenters. The van der Waals surface area contributed by atoms with Crippen molar-refractivity contribution in [3.63, 3.8) is 0 Å². The van der Waals surface area contributed by atoms with E-state index < -0.39 is 11.1 Å². The smallest absolute Gasteiger partial charge is 0.272 e. The SMILES string of the molecule is O=C(c1ccccc1)c1cccc(/C=c2\[nH]c(=O)/c(=C/c3ccco3)[nH]c2=O)c1. The molecule has 6 nitrogen and oxygen atoms in total. The number of hydrogen-bond acceptors (Lipinski definition) is 4. The fourth-order valence-electron chi connectivity index (χ4n) is 2.90. The van der Waals surface area contributed by atoms with Crippen LogP contribution >= 0.6 is 0 Å². The lowest BCUT2D eigenvalue weighted by molar-refractivity contribution is 0.103. The minimum atomic E-state index is -0.456. The van der Waals surface area contributed by atoms with Crippen LogP contribution in [0.3, 0.4) is 0 Å². The highest BCUT2D eigenvalue weighted by molar-refractivity contribution is 6.09. The fraction of sp³-hybridized carbons (Fsp3) is 0. The molecule has 29 heavy (non-hydrogen) atoms. The molecule has 0 fully saturated rings. The topological polar surface area (TPSA) is 95.9 Å². The van der Waals surface area contributed by atoms with Gasteiger partial charge in [0.1, 0.15) is 16.5 Å². The van der Waals surface area contributed by atoms with E-state index in [2.05, 4.69) is 9.97 Å². The maximum Gasteiger partial charge on any atom is 0.272 e. The Morgan fingerprint density at radius 3 is 2.14 bits per heavy atom. The molecule has 0 aliphatic carbocycles. The lowest BCUT2D eigenvalue weighted by Gasteiger charge is -2.02. The molecule has 4 aromatic rings. The Morgan fingerprint density at radius 1 is 0.759 bits per heavy atom. The van der Waals surface area contributed by atoms with Crippen molar-refractivity contribution in [1.82, 2.24) is 9.97 Å². The number of rotatable bonds is 4. The Labute approximate surface area is 164 Å². The van der Waals surface area contributed by atoms with Crippen LogP contribution in [0.25, 0.3) is 12.2 Å². The van der Waals surface area contributed by atoms with Crippen LogP contribution in [0.5, 0.6) is 0 Å². The van der Waals surface area contributed by atoms with Gasteiger partial charge < -0.3 is 14.4 Å². The molecule has 4 rings (SSSR count). The van der Waals surface area contributed by atoms with Crippen molar-refractivity contribution in [2.75, 3.05) is 0 Å². The number of ketones is 1.